The van der Waals surface area contributed by atoms with Gasteiger partial charge in [-0.2, -0.15) is 0 Å². The fourth-order valence-corrected chi connectivity index (χ4v) is 2.71. The fraction of sp³-hybridized carbons (Fsp3) is 0.200. The van der Waals surface area contributed by atoms with Gasteiger partial charge in [0, 0.05) is 11.1 Å². The molecule has 0 aliphatic carbocycles. The first-order valence-corrected chi connectivity index (χ1v) is 8.68. The molecule has 0 saturated heterocycles. The van der Waals surface area contributed by atoms with Gasteiger partial charge < -0.3 is 19.5 Å². The molecule has 3 rings (SSSR count). The van der Waals surface area contributed by atoms with Gasteiger partial charge in [-0.05, 0) is 48.4 Å². The first-order chi connectivity index (χ1) is 13.0. The van der Waals surface area contributed by atoms with Crippen LogP contribution in [0.5, 0.6) is 11.5 Å². The predicted molar refractivity (Wildman–Crippen MR) is 101 cm³/mol. The maximum absolute atomic E-state index is 11.9. The van der Waals surface area contributed by atoms with Crippen LogP contribution >= 0.6 is 11.6 Å². The van der Waals surface area contributed by atoms with E-state index in [1.165, 1.54) is 6.08 Å². The number of halogens is 1. The van der Waals surface area contributed by atoms with Crippen LogP contribution in [0.4, 0.5) is 0 Å². The molecule has 27 heavy (non-hydrogen) atoms. The van der Waals surface area contributed by atoms with E-state index < -0.39 is 11.9 Å². The molecule has 0 radical (unpaired) electrons. The van der Waals surface area contributed by atoms with E-state index in [0.29, 0.717) is 16.5 Å². The lowest BCUT2D eigenvalue weighted by Crippen LogP contribution is -2.30. The van der Waals surface area contributed by atoms with Gasteiger partial charge in [-0.1, -0.05) is 29.8 Å². The molecule has 0 spiro atoms. The number of benzene rings is 2. The maximum Gasteiger partial charge on any atom is 0.331 e. The van der Waals surface area contributed by atoms with Crippen LogP contribution in [-0.4, -0.2) is 25.3 Å². The number of hydrogen-bond donors (Lipinski definition) is 1. The van der Waals surface area contributed by atoms with Crippen LogP contribution in [0, 0.1) is 0 Å². The lowest BCUT2D eigenvalue weighted by Gasteiger charge is -2.14. The Morgan fingerprint density at radius 3 is 2.85 bits per heavy atom. The van der Waals surface area contributed by atoms with E-state index in [1.807, 2.05) is 13.0 Å². The van der Waals surface area contributed by atoms with Crippen LogP contribution in [0.2, 0.25) is 5.02 Å². The monoisotopic (exact) mass is 387 g/mol. The second-order valence-electron chi connectivity index (χ2n) is 5.90. The van der Waals surface area contributed by atoms with Crippen LogP contribution in [0.25, 0.3) is 6.08 Å². The molecule has 7 heteroatoms. The Morgan fingerprint density at radius 2 is 2.04 bits per heavy atom. The van der Waals surface area contributed by atoms with Crippen molar-refractivity contribution in [1.82, 2.24) is 5.32 Å². The third-order valence-corrected chi connectivity index (χ3v) is 4.12. The summed E-state index contributed by atoms with van der Waals surface area (Å²) < 4.78 is 15.5. The summed E-state index contributed by atoms with van der Waals surface area (Å²) in [6, 6.07) is 12.2. The first kappa shape index (κ1) is 18.8. The van der Waals surface area contributed by atoms with Gasteiger partial charge in [0.1, 0.15) is 0 Å². The normalized spacial score (nSPS) is 13.4. The van der Waals surface area contributed by atoms with Gasteiger partial charge in [-0.15, -0.1) is 0 Å². The van der Waals surface area contributed by atoms with Crippen molar-refractivity contribution >= 4 is 29.6 Å². The van der Waals surface area contributed by atoms with E-state index in [-0.39, 0.29) is 19.4 Å². The van der Waals surface area contributed by atoms with Crippen LogP contribution in [0.1, 0.15) is 24.1 Å². The summed E-state index contributed by atoms with van der Waals surface area (Å²) in [4.78, 5) is 23.7. The predicted octanol–water partition coefficient (Wildman–Crippen LogP) is 3.50. The van der Waals surface area contributed by atoms with Crippen molar-refractivity contribution in [3.63, 3.8) is 0 Å². The van der Waals surface area contributed by atoms with Gasteiger partial charge in [0.15, 0.2) is 18.1 Å². The number of hydrogen-bond acceptors (Lipinski definition) is 5. The molecule has 1 N–H and O–H groups in total. The highest BCUT2D eigenvalue weighted by Gasteiger charge is 2.13. The number of carbonyl (C=O) groups excluding carboxylic acids is 2. The average Bonchev–Trinajstić information content (AvgIpc) is 3.12. The minimum atomic E-state index is -0.613. The second-order valence-corrected chi connectivity index (χ2v) is 6.33. The fourth-order valence-electron chi connectivity index (χ4n) is 2.51. The molecule has 140 valence electrons. The van der Waals surface area contributed by atoms with Gasteiger partial charge in [0.25, 0.3) is 5.91 Å². The third-order valence-electron chi connectivity index (χ3n) is 3.88. The van der Waals surface area contributed by atoms with Gasteiger partial charge >= 0.3 is 5.97 Å². The van der Waals surface area contributed by atoms with Crippen molar-refractivity contribution in [2.45, 2.75) is 13.0 Å². The lowest BCUT2D eigenvalue weighted by atomic mass is 10.1. The van der Waals surface area contributed by atoms with Crippen molar-refractivity contribution in [3.8, 4) is 11.5 Å². The summed E-state index contributed by atoms with van der Waals surface area (Å²) in [7, 11) is 0. The number of fused-ring (bicyclic) bond motifs is 1. The molecule has 1 amide bonds. The lowest BCUT2D eigenvalue weighted by molar-refractivity contribution is -0.144. The van der Waals surface area contributed by atoms with Gasteiger partial charge in [0.05, 0.1) is 6.04 Å². The van der Waals surface area contributed by atoms with Gasteiger partial charge in [0.2, 0.25) is 6.79 Å². The highest BCUT2D eigenvalue weighted by atomic mass is 35.5. The molecule has 0 bridgehead atoms. The van der Waals surface area contributed by atoms with E-state index in [1.54, 1.807) is 42.5 Å². The molecule has 6 nitrogen and oxygen atoms in total. The molecular weight excluding hydrogens is 370 g/mol. The zero-order chi connectivity index (χ0) is 19.2. The largest absolute Gasteiger partial charge is 0.454 e. The Morgan fingerprint density at radius 1 is 1.22 bits per heavy atom. The Bertz CT molecular complexity index is 880. The van der Waals surface area contributed by atoms with E-state index >= 15 is 0 Å². The molecule has 2 aromatic carbocycles. The first-order valence-electron chi connectivity index (χ1n) is 8.30. The summed E-state index contributed by atoms with van der Waals surface area (Å²) in [6.07, 6.45) is 2.84. The van der Waals surface area contributed by atoms with E-state index in [2.05, 4.69) is 5.32 Å². The van der Waals surface area contributed by atoms with Crippen LogP contribution in [-0.2, 0) is 14.3 Å². The van der Waals surface area contributed by atoms with Crippen molar-refractivity contribution in [2.75, 3.05) is 13.4 Å². The molecular formula is C20H18ClNO5. The molecule has 1 heterocycles. The molecule has 1 aliphatic rings. The summed E-state index contributed by atoms with van der Waals surface area (Å²) >= 11 is 5.94. The zero-order valence-electron chi connectivity index (χ0n) is 14.6. The van der Waals surface area contributed by atoms with Gasteiger partial charge in [-0.3, -0.25) is 4.79 Å². The van der Waals surface area contributed by atoms with Crippen molar-refractivity contribution in [2.24, 2.45) is 0 Å². The van der Waals surface area contributed by atoms with E-state index in [4.69, 9.17) is 25.8 Å². The van der Waals surface area contributed by atoms with Crippen LogP contribution < -0.4 is 14.8 Å². The summed E-state index contributed by atoms with van der Waals surface area (Å²) in [5.41, 5.74) is 1.63. The van der Waals surface area contributed by atoms with Crippen molar-refractivity contribution < 1.29 is 23.8 Å². The molecule has 0 aromatic heterocycles. The Balaban J connectivity index is 1.46. The minimum absolute atomic E-state index is 0.188. The number of esters is 1. The Labute approximate surface area is 161 Å². The topological polar surface area (TPSA) is 73.9 Å². The van der Waals surface area contributed by atoms with Crippen molar-refractivity contribution in [3.05, 3.63) is 64.7 Å². The average molecular weight is 388 g/mol. The number of rotatable bonds is 6. The number of ether oxygens (including phenoxy) is 3. The number of carbonyl (C=O) groups is 2. The second kappa shape index (κ2) is 8.60. The number of amides is 1. The SMILES string of the molecule is C[C@H](NC(=O)COC(=O)/C=C/c1ccc2c(c1)OCO2)c1cccc(Cl)c1. The standard InChI is InChI=1S/C20H18ClNO5/c1-13(15-3-2-4-16(21)10-15)22-19(23)11-25-20(24)8-6-14-5-7-17-18(9-14)27-12-26-17/h2-10,13H,11-12H2,1H3,(H,22,23)/b8-6+/t13-/m0/s1. The zero-order valence-corrected chi connectivity index (χ0v) is 15.4. The van der Waals surface area contributed by atoms with Crippen LogP contribution in [0.15, 0.2) is 48.5 Å². The molecule has 2 aromatic rings. The molecule has 1 aliphatic heterocycles. The molecule has 0 unspecified atom stereocenters. The Kier molecular flexibility index (Phi) is 5.98. The van der Waals surface area contributed by atoms with E-state index in [0.717, 1.165) is 11.1 Å². The highest BCUT2D eigenvalue weighted by molar-refractivity contribution is 6.30. The molecule has 0 fully saturated rings. The number of nitrogens with one attached hydrogen (secondary N) is 1. The minimum Gasteiger partial charge on any atom is -0.454 e. The van der Waals surface area contributed by atoms with Crippen LogP contribution in [0.3, 0.4) is 0 Å². The summed E-state index contributed by atoms with van der Waals surface area (Å²) in [5.74, 6) is 0.283. The Hall–Kier alpha value is -2.99. The smallest absolute Gasteiger partial charge is 0.331 e. The third kappa shape index (κ3) is 5.24. The molecule has 0 saturated carbocycles. The summed E-state index contributed by atoms with van der Waals surface area (Å²) in [5, 5.41) is 3.34. The van der Waals surface area contributed by atoms with E-state index in [9.17, 15) is 9.59 Å². The maximum atomic E-state index is 11.9. The summed E-state index contributed by atoms with van der Waals surface area (Å²) in [6.45, 7) is 1.65. The van der Waals surface area contributed by atoms with Gasteiger partial charge in [-0.25, -0.2) is 4.79 Å². The van der Waals surface area contributed by atoms with Crippen molar-refractivity contribution in [1.29, 1.82) is 0 Å². The highest BCUT2D eigenvalue weighted by Crippen LogP contribution is 2.32. The molecule has 1 atom stereocenters. The quantitative estimate of drug-likeness (QED) is 0.606.